The van der Waals surface area contributed by atoms with Crippen molar-refractivity contribution in [1.29, 1.82) is 0 Å². The van der Waals surface area contributed by atoms with Gasteiger partial charge in [-0.05, 0) is 74.1 Å². The van der Waals surface area contributed by atoms with Crippen LogP contribution in [-0.2, 0) is 23.9 Å². The van der Waals surface area contributed by atoms with Crippen LogP contribution in [-0.4, -0.2) is 72.7 Å². The molecule has 0 aliphatic carbocycles. The molecule has 0 fully saturated rings. The van der Waals surface area contributed by atoms with Gasteiger partial charge in [-0.25, -0.2) is 0 Å². The molecule has 0 saturated carbocycles. The first kappa shape index (κ1) is 31.8. The standard InChI is InChI=1S/C34H52N4O2/c1-33(2,3)29-17-25-21-35-13-14-36-22-26-18-30(34(4,5)6)20-28(32(26)40)24-38(8)16-12-10-9-11-15-37(7)23-27(19-29)31(25)39/h17-22,39-40H,9-16,23-24H2,1-8H3. The van der Waals surface area contributed by atoms with E-state index < -0.39 is 0 Å². The Morgan fingerprint density at radius 3 is 1.32 bits per heavy atom. The second-order valence-corrected chi connectivity index (χ2v) is 13.6. The molecule has 1 aliphatic heterocycles. The Morgan fingerprint density at radius 1 is 0.600 bits per heavy atom. The lowest BCUT2D eigenvalue weighted by molar-refractivity contribution is 0.297. The molecular formula is C34H52N4O2. The average Bonchev–Trinajstić information content (AvgIpc) is 2.85. The topological polar surface area (TPSA) is 71.7 Å². The molecule has 2 aromatic rings. The third-order valence-corrected chi connectivity index (χ3v) is 7.70. The van der Waals surface area contributed by atoms with Crippen LogP contribution in [0.2, 0.25) is 0 Å². The smallest absolute Gasteiger partial charge is 0.128 e. The van der Waals surface area contributed by atoms with Gasteiger partial charge in [-0.2, -0.15) is 0 Å². The molecule has 2 N–H and O–H groups in total. The van der Waals surface area contributed by atoms with Crippen molar-refractivity contribution in [2.45, 2.75) is 91.1 Å². The van der Waals surface area contributed by atoms with Crippen molar-refractivity contribution in [2.24, 2.45) is 9.98 Å². The summed E-state index contributed by atoms with van der Waals surface area (Å²) >= 11 is 0. The molecular weight excluding hydrogens is 496 g/mol. The first-order chi connectivity index (χ1) is 18.8. The van der Waals surface area contributed by atoms with E-state index in [4.69, 9.17) is 0 Å². The van der Waals surface area contributed by atoms with Crippen LogP contribution in [0.4, 0.5) is 0 Å². The summed E-state index contributed by atoms with van der Waals surface area (Å²) in [6.07, 6.45) is 8.17. The minimum absolute atomic E-state index is 0.0332. The Labute approximate surface area is 242 Å². The molecule has 6 heteroatoms. The molecule has 3 rings (SSSR count). The highest BCUT2D eigenvalue weighted by Crippen LogP contribution is 2.32. The van der Waals surface area contributed by atoms with Gasteiger partial charge in [0.05, 0.1) is 13.1 Å². The summed E-state index contributed by atoms with van der Waals surface area (Å²) in [5.41, 5.74) is 5.72. The van der Waals surface area contributed by atoms with Crippen LogP contribution in [0.3, 0.4) is 0 Å². The SMILES string of the molecule is CN1CCCCCCN(C)Cc2cc(C(C)(C)C)cc(c2O)C=NCCN=Cc2cc(C(C)(C)C)cc(c2O)C1. The van der Waals surface area contributed by atoms with Crippen molar-refractivity contribution in [3.8, 4) is 11.5 Å². The van der Waals surface area contributed by atoms with Crippen LogP contribution in [0.5, 0.6) is 11.5 Å². The molecule has 0 amide bonds. The van der Waals surface area contributed by atoms with Gasteiger partial charge in [0.1, 0.15) is 11.5 Å². The predicted octanol–water partition coefficient (Wildman–Crippen LogP) is 6.67. The lowest BCUT2D eigenvalue weighted by Gasteiger charge is -2.24. The summed E-state index contributed by atoms with van der Waals surface area (Å²) < 4.78 is 0. The Kier molecular flexibility index (Phi) is 11.0. The predicted molar refractivity (Wildman–Crippen MR) is 170 cm³/mol. The highest BCUT2D eigenvalue weighted by Gasteiger charge is 2.20. The first-order valence-corrected chi connectivity index (χ1v) is 14.8. The van der Waals surface area contributed by atoms with Gasteiger partial charge in [-0.15, -0.1) is 0 Å². The van der Waals surface area contributed by atoms with Gasteiger partial charge in [0, 0.05) is 47.8 Å². The second kappa shape index (κ2) is 13.8. The Bertz CT molecular complexity index is 1090. The van der Waals surface area contributed by atoms with Gasteiger partial charge in [0.15, 0.2) is 0 Å². The van der Waals surface area contributed by atoms with Crippen LogP contribution in [0.25, 0.3) is 0 Å². The zero-order valence-electron chi connectivity index (χ0n) is 26.2. The van der Waals surface area contributed by atoms with Gasteiger partial charge >= 0.3 is 0 Å². The third kappa shape index (κ3) is 9.17. The van der Waals surface area contributed by atoms with Crippen molar-refractivity contribution in [3.63, 3.8) is 0 Å². The molecule has 1 heterocycles. The second-order valence-electron chi connectivity index (χ2n) is 13.6. The summed E-state index contributed by atoms with van der Waals surface area (Å²) in [4.78, 5) is 13.8. The van der Waals surface area contributed by atoms with Crippen molar-refractivity contribution in [2.75, 3.05) is 40.3 Å². The zero-order valence-corrected chi connectivity index (χ0v) is 26.2. The fourth-order valence-electron chi connectivity index (χ4n) is 5.04. The van der Waals surface area contributed by atoms with Gasteiger partial charge in [-0.1, -0.05) is 66.5 Å². The summed E-state index contributed by atoms with van der Waals surface area (Å²) in [7, 11) is 4.27. The number of hydrogen-bond donors (Lipinski definition) is 2. The van der Waals surface area contributed by atoms with E-state index in [0.717, 1.165) is 48.2 Å². The number of rotatable bonds is 0. The number of aromatic hydroxyl groups is 2. The third-order valence-electron chi connectivity index (χ3n) is 7.70. The Hall–Kier alpha value is -2.70. The lowest BCUT2D eigenvalue weighted by Crippen LogP contribution is -2.21. The molecule has 4 bridgehead atoms. The molecule has 6 nitrogen and oxygen atoms in total. The van der Waals surface area contributed by atoms with E-state index in [0.29, 0.717) is 37.7 Å². The maximum absolute atomic E-state index is 11.1. The number of phenolic OH excluding ortho intramolecular Hbond substituents is 2. The molecule has 0 atom stereocenters. The minimum Gasteiger partial charge on any atom is -0.507 e. The van der Waals surface area contributed by atoms with E-state index in [1.807, 2.05) is 0 Å². The highest BCUT2D eigenvalue weighted by atomic mass is 16.3. The molecule has 0 radical (unpaired) electrons. The van der Waals surface area contributed by atoms with Crippen molar-refractivity contribution in [3.05, 3.63) is 57.6 Å². The van der Waals surface area contributed by atoms with E-state index >= 15 is 0 Å². The molecule has 1 aliphatic rings. The number of aliphatic imine (C=N–C) groups is 2. The molecule has 0 saturated heterocycles. The maximum atomic E-state index is 11.1. The summed E-state index contributed by atoms with van der Waals surface area (Å²) in [6, 6.07) is 8.40. The number of phenols is 2. The minimum atomic E-state index is -0.0332. The number of fused-ring (bicyclic) bond motifs is 4. The first-order valence-electron chi connectivity index (χ1n) is 14.8. The van der Waals surface area contributed by atoms with Crippen molar-refractivity contribution >= 4 is 12.4 Å². The highest BCUT2D eigenvalue weighted by molar-refractivity contribution is 5.85. The van der Waals surface area contributed by atoms with Crippen LogP contribution < -0.4 is 0 Å². The Balaban J connectivity index is 1.91. The van der Waals surface area contributed by atoms with Gasteiger partial charge in [0.25, 0.3) is 0 Å². The fourth-order valence-corrected chi connectivity index (χ4v) is 5.04. The van der Waals surface area contributed by atoms with Crippen molar-refractivity contribution in [1.82, 2.24) is 9.80 Å². The van der Waals surface area contributed by atoms with E-state index in [9.17, 15) is 10.2 Å². The monoisotopic (exact) mass is 548 g/mol. The van der Waals surface area contributed by atoms with E-state index in [2.05, 4.69) is 99.7 Å². The quantitative estimate of drug-likeness (QED) is 0.386. The maximum Gasteiger partial charge on any atom is 0.128 e. The van der Waals surface area contributed by atoms with Gasteiger partial charge in [-0.3, -0.25) is 9.98 Å². The normalized spacial score (nSPS) is 17.8. The molecule has 0 unspecified atom stereocenters. The van der Waals surface area contributed by atoms with Crippen LogP contribution >= 0.6 is 0 Å². The molecule has 40 heavy (non-hydrogen) atoms. The number of hydrogen-bond acceptors (Lipinski definition) is 6. The number of benzene rings is 2. The molecule has 0 aromatic heterocycles. The molecule has 2 aromatic carbocycles. The molecule has 0 spiro atoms. The largest absolute Gasteiger partial charge is 0.507 e. The van der Waals surface area contributed by atoms with Crippen molar-refractivity contribution < 1.29 is 10.2 Å². The average molecular weight is 549 g/mol. The number of nitrogens with zero attached hydrogens (tertiary/aromatic N) is 4. The summed E-state index contributed by atoms with van der Waals surface area (Å²) in [6.45, 7) is 17.6. The summed E-state index contributed by atoms with van der Waals surface area (Å²) in [5.74, 6) is 0.627. The van der Waals surface area contributed by atoms with Crippen LogP contribution in [0.15, 0.2) is 34.3 Å². The lowest BCUT2D eigenvalue weighted by atomic mass is 9.84. The summed E-state index contributed by atoms with van der Waals surface area (Å²) in [5, 5.41) is 22.2. The van der Waals surface area contributed by atoms with Crippen LogP contribution in [0.1, 0.15) is 101 Å². The van der Waals surface area contributed by atoms with E-state index in [1.54, 1.807) is 12.4 Å². The zero-order chi connectivity index (χ0) is 29.5. The van der Waals surface area contributed by atoms with E-state index in [1.165, 1.54) is 24.0 Å². The molecule has 220 valence electrons. The fraction of sp³-hybridized carbons (Fsp3) is 0.588. The van der Waals surface area contributed by atoms with Gasteiger partial charge in [0.2, 0.25) is 0 Å². The van der Waals surface area contributed by atoms with Crippen LogP contribution in [0, 0.1) is 0 Å². The van der Waals surface area contributed by atoms with Gasteiger partial charge < -0.3 is 20.0 Å². The van der Waals surface area contributed by atoms with E-state index in [-0.39, 0.29) is 10.8 Å². The Morgan fingerprint density at radius 2 is 0.975 bits per heavy atom.